The lowest BCUT2D eigenvalue weighted by Gasteiger charge is -2.02. The fourth-order valence-corrected chi connectivity index (χ4v) is 2.02. The first kappa shape index (κ1) is 10.9. The number of nitrogens with one attached hydrogen (secondary N) is 1. The number of aromatic nitrogens is 3. The monoisotopic (exact) mass is 238 g/mol. The van der Waals surface area contributed by atoms with Crippen molar-refractivity contribution in [1.29, 1.82) is 0 Å². The zero-order chi connectivity index (χ0) is 12.5. The summed E-state index contributed by atoms with van der Waals surface area (Å²) in [6.45, 7) is 1.88. The molecule has 0 aliphatic rings. The van der Waals surface area contributed by atoms with Crippen molar-refractivity contribution >= 4 is 10.8 Å². The van der Waals surface area contributed by atoms with Gasteiger partial charge in [0.05, 0.1) is 6.04 Å². The van der Waals surface area contributed by atoms with E-state index in [1.54, 1.807) is 0 Å². The summed E-state index contributed by atoms with van der Waals surface area (Å²) in [5.74, 6) is 1.40. The molecule has 0 radical (unpaired) electrons. The fraction of sp³-hybridized carbons (Fsp3) is 0.143. The molecule has 1 atom stereocenters. The zero-order valence-electron chi connectivity index (χ0n) is 10.1. The van der Waals surface area contributed by atoms with E-state index in [1.807, 2.05) is 31.2 Å². The molecule has 1 heterocycles. The summed E-state index contributed by atoms with van der Waals surface area (Å²) in [6.07, 6.45) is 0. The molecular weight excluding hydrogens is 224 g/mol. The van der Waals surface area contributed by atoms with Crippen molar-refractivity contribution in [2.75, 3.05) is 0 Å². The van der Waals surface area contributed by atoms with Gasteiger partial charge in [0.1, 0.15) is 5.82 Å². The maximum absolute atomic E-state index is 5.78. The van der Waals surface area contributed by atoms with Crippen molar-refractivity contribution in [2.45, 2.75) is 13.0 Å². The summed E-state index contributed by atoms with van der Waals surface area (Å²) in [4.78, 5) is 4.44. The van der Waals surface area contributed by atoms with Crippen molar-refractivity contribution in [1.82, 2.24) is 15.2 Å². The third-order valence-corrected chi connectivity index (χ3v) is 2.96. The number of H-pyrrole nitrogens is 1. The van der Waals surface area contributed by atoms with E-state index in [2.05, 4.69) is 33.4 Å². The van der Waals surface area contributed by atoms with Crippen LogP contribution in [0.1, 0.15) is 18.8 Å². The molecule has 0 saturated carbocycles. The third-order valence-electron chi connectivity index (χ3n) is 2.96. The lowest BCUT2D eigenvalue weighted by atomic mass is 10.0. The second-order valence-electron chi connectivity index (χ2n) is 4.36. The molecule has 0 aliphatic carbocycles. The average Bonchev–Trinajstić information content (AvgIpc) is 2.87. The lowest BCUT2D eigenvalue weighted by Crippen LogP contribution is -2.06. The predicted molar refractivity (Wildman–Crippen MR) is 71.9 cm³/mol. The molecule has 0 amide bonds. The van der Waals surface area contributed by atoms with Crippen LogP contribution in [-0.4, -0.2) is 15.2 Å². The lowest BCUT2D eigenvalue weighted by molar-refractivity contribution is 0.745. The SMILES string of the molecule is CC(N)c1nc(-c2cccc3ccccc23)n[nH]1. The van der Waals surface area contributed by atoms with Crippen LogP contribution in [0.5, 0.6) is 0 Å². The normalized spacial score (nSPS) is 12.8. The van der Waals surface area contributed by atoms with Gasteiger partial charge in [0.15, 0.2) is 5.82 Å². The molecule has 2 aromatic carbocycles. The first-order valence-corrected chi connectivity index (χ1v) is 5.92. The molecule has 0 spiro atoms. The minimum absolute atomic E-state index is 0.138. The van der Waals surface area contributed by atoms with Gasteiger partial charge in [0.2, 0.25) is 0 Å². The van der Waals surface area contributed by atoms with E-state index in [1.165, 1.54) is 5.39 Å². The highest BCUT2D eigenvalue weighted by atomic mass is 15.2. The molecule has 0 aliphatic heterocycles. The van der Waals surface area contributed by atoms with Gasteiger partial charge in [-0.1, -0.05) is 42.5 Å². The van der Waals surface area contributed by atoms with Gasteiger partial charge in [0.25, 0.3) is 0 Å². The number of fused-ring (bicyclic) bond motifs is 1. The van der Waals surface area contributed by atoms with Gasteiger partial charge in [-0.05, 0) is 17.7 Å². The highest BCUT2D eigenvalue weighted by Crippen LogP contribution is 2.26. The standard InChI is InChI=1S/C14H14N4/c1-9(15)13-16-14(18-17-13)12-8-4-6-10-5-2-3-7-11(10)12/h2-9H,15H2,1H3,(H,16,17,18). The van der Waals surface area contributed by atoms with Gasteiger partial charge in [-0.2, -0.15) is 5.10 Å². The molecule has 0 fully saturated rings. The van der Waals surface area contributed by atoms with Gasteiger partial charge >= 0.3 is 0 Å². The molecular formula is C14H14N4. The summed E-state index contributed by atoms with van der Waals surface area (Å²) >= 11 is 0. The van der Waals surface area contributed by atoms with E-state index in [-0.39, 0.29) is 6.04 Å². The minimum Gasteiger partial charge on any atom is -0.322 e. The molecule has 4 nitrogen and oxygen atoms in total. The Labute approximate surface area is 105 Å². The Balaban J connectivity index is 2.18. The first-order valence-electron chi connectivity index (χ1n) is 5.92. The highest BCUT2D eigenvalue weighted by molar-refractivity contribution is 5.94. The molecule has 4 heteroatoms. The Hall–Kier alpha value is -2.20. The van der Waals surface area contributed by atoms with Crippen LogP contribution in [0, 0.1) is 0 Å². The summed E-state index contributed by atoms with van der Waals surface area (Å²) < 4.78 is 0. The number of aromatic amines is 1. The molecule has 1 aromatic heterocycles. The molecule has 90 valence electrons. The van der Waals surface area contributed by atoms with E-state index in [9.17, 15) is 0 Å². The van der Waals surface area contributed by atoms with Crippen LogP contribution in [0.25, 0.3) is 22.2 Å². The van der Waals surface area contributed by atoms with E-state index in [0.717, 1.165) is 10.9 Å². The van der Waals surface area contributed by atoms with E-state index < -0.39 is 0 Å². The number of benzene rings is 2. The zero-order valence-corrected chi connectivity index (χ0v) is 10.1. The largest absolute Gasteiger partial charge is 0.322 e. The Morgan fingerprint density at radius 1 is 1.11 bits per heavy atom. The van der Waals surface area contributed by atoms with Gasteiger partial charge in [-0.25, -0.2) is 4.98 Å². The average molecular weight is 238 g/mol. The Bertz CT molecular complexity index is 680. The van der Waals surface area contributed by atoms with Gasteiger partial charge < -0.3 is 5.73 Å². The Morgan fingerprint density at radius 2 is 1.89 bits per heavy atom. The highest BCUT2D eigenvalue weighted by Gasteiger charge is 2.10. The molecule has 0 saturated heterocycles. The smallest absolute Gasteiger partial charge is 0.181 e. The van der Waals surface area contributed by atoms with Crippen LogP contribution < -0.4 is 5.73 Å². The Kier molecular flexibility index (Phi) is 2.57. The van der Waals surface area contributed by atoms with E-state index in [0.29, 0.717) is 11.6 Å². The van der Waals surface area contributed by atoms with Crippen LogP contribution in [0.4, 0.5) is 0 Å². The van der Waals surface area contributed by atoms with Crippen LogP contribution >= 0.6 is 0 Å². The maximum atomic E-state index is 5.78. The minimum atomic E-state index is -0.138. The quantitative estimate of drug-likeness (QED) is 0.721. The van der Waals surface area contributed by atoms with Crippen LogP contribution in [0.2, 0.25) is 0 Å². The number of nitrogens with two attached hydrogens (primary N) is 1. The summed E-state index contributed by atoms with van der Waals surface area (Å²) in [5.41, 5.74) is 6.81. The summed E-state index contributed by atoms with van der Waals surface area (Å²) in [6, 6.07) is 14.2. The van der Waals surface area contributed by atoms with E-state index in [4.69, 9.17) is 5.73 Å². The van der Waals surface area contributed by atoms with Crippen LogP contribution in [0.3, 0.4) is 0 Å². The van der Waals surface area contributed by atoms with Crippen molar-refractivity contribution < 1.29 is 0 Å². The van der Waals surface area contributed by atoms with Crippen molar-refractivity contribution in [3.8, 4) is 11.4 Å². The third kappa shape index (κ3) is 1.76. The first-order chi connectivity index (χ1) is 8.75. The number of rotatable bonds is 2. The molecule has 1 unspecified atom stereocenters. The second-order valence-corrected chi connectivity index (χ2v) is 4.36. The molecule has 18 heavy (non-hydrogen) atoms. The van der Waals surface area contributed by atoms with E-state index >= 15 is 0 Å². The van der Waals surface area contributed by atoms with Crippen LogP contribution in [0.15, 0.2) is 42.5 Å². The summed E-state index contributed by atoms with van der Waals surface area (Å²) in [5, 5.41) is 9.45. The maximum Gasteiger partial charge on any atom is 0.181 e. The topological polar surface area (TPSA) is 67.6 Å². The van der Waals surface area contributed by atoms with Gasteiger partial charge in [0, 0.05) is 5.56 Å². The van der Waals surface area contributed by atoms with Gasteiger partial charge in [-0.15, -0.1) is 0 Å². The van der Waals surface area contributed by atoms with Crippen molar-refractivity contribution in [3.63, 3.8) is 0 Å². The molecule has 0 bridgehead atoms. The number of hydrogen-bond acceptors (Lipinski definition) is 3. The number of hydrogen-bond donors (Lipinski definition) is 2. The molecule has 3 rings (SSSR count). The predicted octanol–water partition coefficient (Wildman–Crippen LogP) is 2.64. The van der Waals surface area contributed by atoms with Crippen molar-refractivity contribution in [3.05, 3.63) is 48.3 Å². The van der Waals surface area contributed by atoms with Gasteiger partial charge in [-0.3, -0.25) is 5.10 Å². The summed E-state index contributed by atoms with van der Waals surface area (Å²) in [7, 11) is 0. The van der Waals surface area contributed by atoms with Crippen molar-refractivity contribution in [2.24, 2.45) is 5.73 Å². The van der Waals surface area contributed by atoms with Crippen LogP contribution in [-0.2, 0) is 0 Å². The Morgan fingerprint density at radius 3 is 2.67 bits per heavy atom. The second kappa shape index (κ2) is 4.23. The fourth-order valence-electron chi connectivity index (χ4n) is 2.02. The number of nitrogens with zero attached hydrogens (tertiary/aromatic N) is 2. The molecule has 3 N–H and O–H groups in total. The molecule has 3 aromatic rings.